The highest BCUT2D eigenvalue weighted by atomic mass is 16.4. The number of hydrogen-bond donors (Lipinski definition) is 5. The van der Waals surface area contributed by atoms with Crippen LogP contribution in [-0.4, -0.2) is 43.1 Å². The van der Waals surface area contributed by atoms with Crippen molar-refractivity contribution in [2.45, 2.75) is 13.8 Å². The average Bonchev–Trinajstić information content (AvgIpc) is 2.70. The molecule has 3 rings (SSSR count). The van der Waals surface area contributed by atoms with Crippen molar-refractivity contribution in [2.75, 3.05) is 5.32 Å². The maximum absolute atomic E-state index is 12.3. The van der Waals surface area contributed by atoms with Gasteiger partial charge in [-0.05, 0) is 43.7 Å². The lowest BCUT2D eigenvalue weighted by molar-refractivity contribution is 0.0693. The number of phenols is 1. The first-order valence-electron chi connectivity index (χ1n) is 9.15. The summed E-state index contributed by atoms with van der Waals surface area (Å²) in [6.45, 7) is 3.58. The summed E-state index contributed by atoms with van der Waals surface area (Å²) in [7, 11) is 0. The molecule has 3 aromatic rings. The Bertz CT molecular complexity index is 1390. The molecule has 0 radical (unpaired) electrons. The van der Waals surface area contributed by atoms with E-state index in [9.17, 15) is 29.4 Å². The van der Waals surface area contributed by atoms with Crippen molar-refractivity contribution in [3.8, 4) is 17.3 Å². The summed E-state index contributed by atoms with van der Waals surface area (Å²) in [5.41, 5.74) is -0.731. The fourth-order valence-electron chi connectivity index (χ4n) is 3.00. The Morgan fingerprint density at radius 2 is 1.81 bits per heavy atom. The number of nitrogens with one attached hydrogen (secondary N) is 2. The van der Waals surface area contributed by atoms with Crippen molar-refractivity contribution in [1.29, 1.82) is 0 Å². The van der Waals surface area contributed by atoms with Crippen molar-refractivity contribution in [3.05, 3.63) is 79.5 Å². The second-order valence-corrected chi connectivity index (χ2v) is 6.85. The van der Waals surface area contributed by atoms with Gasteiger partial charge in [0.15, 0.2) is 0 Å². The Hall–Kier alpha value is -4.67. The number of aromatic hydroxyl groups is 2. The first-order valence-corrected chi connectivity index (χ1v) is 9.15. The van der Waals surface area contributed by atoms with Crippen LogP contribution in [0.3, 0.4) is 0 Å². The van der Waals surface area contributed by atoms with E-state index in [0.29, 0.717) is 11.3 Å². The van der Waals surface area contributed by atoms with Crippen LogP contribution < -0.4 is 16.6 Å². The summed E-state index contributed by atoms with van der Waals surface area (Å²) in [6, 6.07) is 7.48. The highest BCUT2D eigenvalue weighted by Crippen LogP contribution is 2.22. The van der Waals surface area contributed by atoms with Crippen LogP contribution >= 0.6 is 0 Å². The summed E-state index contributed by atoms with van der Waals surface area (Å²) >= 11 is 0. The zero-order valence-corrected chi connectivity index (χ0v) is 16.9. The third kappa shape index (κ3) is 4.41. The summed E-state index contributed by atoms with van der Waals surface area (Å²) in [5, 5.41) is 31.4. The Morgan fingerprint density at radius 1 is 1.09 bits per heavy atom. The lowest BCUT2D eigenvalue weighted by Gasteiger charge is -2.12. The number of carbonyl (C=O) groups is 2. The van der Waals surface area contributed by atoms with E-state index in [2.05, 4.69) is 15.3 Å². The normalized spacial score (nSPS) is 10.9. The molecule has 2 amide bonds. The highest BCUT2D eigenvalue weighted by Gasteiger charge is 2.16. The number of carbonyl (C=O) groups excluding carboxylic acids is 1. The van der Waals surface area contributed by atoms with Gasteiger partial charge >= 0.3 is 17.7 Å². The standard InChI is InChI=1S/C21H18N4O7/c1-10-3-5-15(11(2)7-10)25-18(28)14(17(27)24-21(25)32)9-22-20(31)23-12-4-6-16(26)13(8-12)19(29)30/h3-9,26,28H,1-2H3,(H,23,31)(H,29,30)(H,24,27,32)/b22-9+. The van der Waals surface area contributed by atoms with Crippen LogP contribution in [0.4, 0.5) is 10.5 Å². The predicted octanol–water partition coefficient (Wildman–Crippen LogP) is 1.90. The molecular formula is C21H18N4O7. The van der Waals surface area contributed by atoms with Gasteiger partial charge in [0.25, 0.3) is 5.56 Å². The minimum Gasteiger partial charge on any atom is -0.507 e. The van der Waals surface area contributed by atoms with E-state index in [-0.39, 0.29) is 5.69 Å². The van der Waals surface area contributed by atoms with Crippen LogP contribution in [0.2, 0.25) is 0 Å². The molecule has 11 heteroatoms. The summed E-state index contributed by atoms with van der Waals surface area (Å²) < 4.78 is 0.883. The maximum Gasteiger partial charge on any atom is 0.345 e. The van der Waals surface area contributed by atoms with E-state index in [1.165, 1.54) is 6.07 Å². The zero-order valence-electron chi connectivity index (χ0n) is 16.9. The quantitative estimate of drug-likeness (QED) is 0.305. The summed E-state index contributed by atoms with van der Waals surface area (Å²) in [6.07, 6.45) is 0.779. The smallest absolute Gasteiger partial charge is 0.345 e. The molecular weight excluding hydrogens is 420 g/mol. The molecule has 0 saturated heterocycles. The monoisotopic (exact) mass is 438 g/mol. The number of rotatable bonds is 4. The van der Waals surface area contributed by atoms with Crippen LogP contribution in [0.1, 0.15) is 27.0 Å². The molecule has 11 nitrogen and oxygen atoms in total. The Balaban J connectivity index is 1.94. The van der Waals surface area contributed by atoms with Crippen LogP contribution in [0.25, 0.3) is 5.69 Å². The number of H-pyrrole nitrogens is 1. The fourth-order valence-corrected chi connectivity index (χ4v) is 3.00. The van der Waals surface area contributed by atoms with Gasteiger partial charge < -0.3 is 20.6 Å². The number of benzene rings is 2. The number of carboxylic acids is 1. The van der Waals surface area contributed by atoms with Crippen molar-refractivity contribution in [1.82, 2.24) is 9.55 Å². The minimum absolute atomic E-state index is 0.0285. The van der Waals surface area contributed by atoms with Gasteiger partial charge in [-0.15, -0.1) is 0 Å². The van der Waals surface area contributed by atoms with Gasteiger partial charge in [-0.2, -0.15) is 0 Å². The van der Waals surface area contributed by atoms with Gasteiger partial charge in [0, 0.05) is 5.69 Å². The van der Waals surface area contributed by atoms with Crippen molar-refractivity contribution in [3.63, 3.8) is 0 Å². The zero-order chi connectivity index (χ0) is 23.6. The molecule has 1 heterocycles. The molecule has 0 unspecified atom stereocenters. The molecule has 5 N–H and O–H groups in total. The molecule has 0 aliphatic heterocycles. The third-order valence-electron chi connectivity index (χ3n) is 4.50. The molecule has 0 saturated carbocycles. The second kappa shape index (κ2) is 8.60. The first-order chi connectivity index (χ1) is 15.1. The van der Waals surface area contributed by atoms with Crippen LogP contribution in [0.15, 0.2) is 51.0 Å². The molecule has 0 spiro atoms. The number of hydrogen-bond acceptors (Lipinski definition) is 6. The lowest BCUT2D eigenvalue weighted by atomic mass is 10.1. The number of aromatic carboxylic acids is 1. The Labute approximate surface area is 179 Å². The van der Waals surface area contributed by atoms with E-state index in [4.69, 9.17) is 5.11 Å². The molecule has 164 valence electrons. The van der Waals surface area contributed by atoms with Gasteiger partial charge in [0.2, 0.25) is 5.88 Å². The molecule has 0 atom stereocenters. The lowest BCUT2D eigenvalue weighted by Crippen LogP contribution is -2.31. The molecule has 0 aliphatic rings. The van der Waals surface area contributed by atoms with E-state index < -0.39 is 46.0 Å². The largest absolute Gasteiger partial charge is 0.507 e. The number of nitrogens with zero attached hydrogens (tertiary/aromatic N) is 2. The SMILES string of the molecule is Cc1ccc(-n2c(O)c(/C=N/C(=O)Nc3ccc(O)c(C(=O)O)c3)c(=O)[nH]c2=O)c(C)c1. The predicted molar refractivity (Wildman–Crippen MR) is 115 cm³/mol. The van der Waals surface area contributed by atoms with Crippen molar-refractivity contribution < 1.29 is 24.9 Å². The van der Waals surface area contributed by atoms with Crippen LogP contribution in [-0.2, 0) is 0 Å². The van der Waals surface area contributed by atoms with E-state index >= 15 is 0 Å². The van der Waals surface area contributed by atoms with Gasteiger partial charge in [0.1, 0.15) is 16.9 Å². The molecule has 32 heavy (non-hydrogen) atoms. The second-order valence-electron chi connectivity index (χ2n) is 6.85. The number of aliphatic imine (C=N–C) groups is 1. The van der Waals surface area contributed by atoms with E-state index in [0.717, 1.165) is 28.5 Å². The van der Waals surface area contributed by atoms with Gasteiger partial charge in [-0.25, -0.2) is 23.9 Å². The topological polar surface area (TPSA) is 174 Å². The van der Waals surface area contributed by atoms with Crippen LogP contribution in [0.5, 0.6) is 11.6 Å². The number of amides is 2. The molecule has 0 aliphatic carbocycles. The minimum atomic E-state index is -1.40. The molecule has 2 aromatic carbocycles. The third-order valence-corrected chi connectivity index (χ3v) is 4.50. The van der Waals surface area contributed by atoms with E-state index in [1.54, 1.807) is 25.1 Å². The van der Waals surface area contributed by atoms with Crippen molar-refractivity contribution in [2.24, 2.45) is 4.99 Å². The first kappa shape index (κ1) is 22.0. The Kier molecular flexibility index (Phi) is 5.92. The molecule has 1 aromatic heterocycles. The molecule has 0 fully saturated rings. The summed E-state index contributed by atoms with van der Waals surface area (Å²) in [5.74, 6) is -2.59. The fraction of sp³-hybridized carbons (Fsp3) is 0.0952. The molecule has 0 bridgehead atoms. The number of urea groups is 1. The van der Waals surface area contributed by atoms with Gasteiger partial charge in [-0.3, -0.25) is 9.78 Å². The average molecular weight is 438 g/mol. The van der Waals surface area contributed by atoms with E-state index in [1.807, 2.05) is 6.92 Å². The Morgan fingerprint density at radius 3 is 2.47 bits per heavy atom. The number of carboxylic acid groups (broad SMARTS) is 1. The van der Waals surface area contributed by atoms with Gasteiger partial charge in [0.05, 0.1) is 11.9 Å². The summed E-state index contributed by atoms with van der Waals surface area (Å²) in [4.78, 5) is 53.2. The highest BCUT2D eigenvalue weighted by molar-refractivity contribution is 6.00. The number of anilines is 1. The number of aromatic nitrogens is 2. The number of aryl methyl sites for hydroxylation is 2. The van der Waals surface area contributed by atoms with Crippen molar-refractivity contribution >= 4 is 23.9 Å². The maximum atomic E-state index is 12.3. The van der Waals surface area contributed by atoms with Gasteiger partial charge in [-0.1, -0.05) is 17.7 Å². The van der Waals surface area contributed by atoms with Crippen LogP contribution in [0, 0.1) is 13.8 Å². The number of aromatic amines is 1.